The summed E-state index contributed by atoms with van der Waals surface area (Å²) in [6, 6.07) is 6.81. The van der Waals surface area contributed by atoms with Crippen molar-refractivity contribution >= 4 is 23.1 Å². The van der Waals surface area contributed by atoms with Crippen LogP contribution in [0.25, 0.3) is 0 Å². The van der Waals surface area contributed by atoms with Gasteiger partial charge in [0.2, 0.25) is 5.91 Å². The van der Waals surface area contributed by atoms with Gasteiger partial charge in [0.05, 0.1) is 11.4 Å². The van der Waals surface area contributed by atoms with Crippen LogP contribution in [-0.4, -0.2) is 34.5 Å². The normalized spacial score (nSPS) is 9.94. The molecule has 0 heterocycles. The number of para-hydroxylation sites is 1. The first-order chi connectivity index (χ1) is 8.00. The van der Waals surface area contributed by atoms with E-state index in [9.17, 15) is 9.90 Å². The van der Waals surface area contributed by atoms with Crippen LogP contribution in [0.2, 0.25) is 0 Å². The molecule has 1 amide bonds. The Morgan fingerprint density at radius 1 is 1.47 bits per heavy atom. The van der Waals surface area contributed by atoms with Crippen LogP contribution in [-0.2, 0) is 11.2 Å². The van der Waals surface area contributed by atoms with Gasteiger partial charge in [-0.15, -0.1) is 0 Å². The maximum Gasteiger partial charge on any atom is 0.226 e. The van der Waals surface area contributed by atoms with Crippen LogP contribution in [0.15, 0.2) is 24.3 Å². The molecule has 0 aliphatic heterocycles. The van der Waals surface area contributed by atoms with E-state index in [0.29, 0.717) is 23.5 Å². The molecule has 0 radical (unpaired) electrons. The molecule has 0 aliphatic rings. The molecule has 1 aromatic rings. The topological polar surface area (TPSA) is 66.6 Å². The number of phenolic OH excluding ortho intramolecular Hbond substituents is 1. The number of likely N-dealkylation sites (N-methyl/N-ethyl adjacent to an activating group) is 1. The number of nitrogens with two attached hydrogens (primary N) is 1. The zero-order valence-corrected chi connectivity index (χ0v) is 10.5. The van der Waals surface area contributed by atoms with Crippen LogP contribution in [0.3, 0.4) is 0 Å². The van der Waals surface area contributed by atoms with Crippen molar-refractivity contribution in [1.82, 2.24) is 4.90 Å². The number of thiocarbonyl (C=S) groups is 1. The van der Waals surface area contributed by atoms with Gasteiger partial charge in [-0.2, -0.15) is 0 Å². The Balaban J connectivity index is 2.54. The van der Waals surface area contributed by atoms with Gasteiger partial charge in [-0.05, 0) is 6.07 Å². The highest BCUT2D eigenvalue weighted by Gasteiger charge is 2.11. The third kappa shape index (κ3) is 4.40. The average molecular weight is 252 g/mol. The van der Waals surface area contributed by atoms with Gasteiger partial charge in [0, 0.05) is 25.6 Å². The fourth-order valence-corrected chi connectivity index (χ4v) is 1.45. The number of hydrogen-bond donors (Lipinski definition) is 2. The molecule has 5 heteroatoms. The van der Waals surface area contributed by atoms with Gasteiger partial charge in [-0.1, -0.05) is 30.4 Å². The minimum Gasteiger partial charge on any atom is -0.508 e. The van der Waals surface area contributed by atoms with Crippen molar-refractivity contribution in [2.24, 2.45) is 5.73 Å². The third-order valence-electron chi connectivity index (χ3n) is 2.45. The zero-order chi connectivity index (χ0) is 12.8. The number of carbonyl (C=O) groups excluding carboxylic acids is 1. The van der Waals surface area contributed by atoms with Crippen LogP contribution < -0.4 is 5.73 Å². The smallest absolute Gasteiger partial charge is 0.226 e. The van der Waals surface area contributed by atoms with E-state index < -0.39 is 0 Å². The lowest BCUT2D eigenvalue weighted by Gasteiger charge is -2.17. The summed E-state index contributed by atoms with van der Waals surface area (Å²) in [7, 11) is 1.70. The number of benzene rings is 1. The maximum atomic E-state index is 11.8. The van der Waals surface area contributed by atoms with Crippen molar-refractivity contribution in [1.29, 1.82) is 0 Å². The highest BCUT2D eigenvalue weighted by Crippen LogP contribution is 2.16. The van der Waals surface area contributed by atoms with E-state index in [0.717, 1.165) is 0 Å². The fraction of sp³-hybridized carbons (Fsp3) is 0.333. The summed E-state index contributed by atoms with van der Waals surface area (Å²) in [6.45, 7) is 0.502. The molecule has 0 aromatic heterocycles. The molecular formula is C12H16N2O2S. The molecule has 0 aliphatic carbocycles. The van der Waals surface area contributed by atoms with Crippen molar-refractivity contribution in [3.63, 3.8) is 0 Å². The molecule has 3 N–H and O–H groups in total. The largest absolute Gasteiger partial charge is 0.508 e. The van der Waals surface area contributed by atoms with Crippen molar-refractivity contribution in [2.45, 2.75) is 12.8 Å². The zero-order valence-electron chi connectivity index (χ0n) is 9.72. The second-order valence-corrected chi connectivity index (χ2v) is 4.36. The van der Waals surface area contributed by atoms with E-state index >= 15 is 0 Å². The molecular weight excluding hydrogens is 236 g/mol. The number of amides is 1. The van der Waals surface area contributed by atoms with Crippen LogP contribution >= 0.6 is 12.2 Å². The molecule has 92 valence electrons. The summed E-state index contributed by atoms with van der Waals surface area (Å²) in [4.78, 5) is 13.8. The van der Waals surface area contributed by atoms with Gasteiger partial charge < -0.3 is 15.7 Å². The van der Waals surface area contributed by atoms with Crippen LogP contribution in [0.1, 0.15) is 12.0 Å². The number of hydrogen-bond acceptors (Lipinski definition) is 3. The quantitative estimate of drug-likeness (QED) is 0.769. The van der Waals surface area contributed by atoms with Crippen molar-refractivity contribution in [3.05, 3.63) is 29.8 Å². The third-order valence-corrected chi connectivity index (χ3v) is 2.66. The summed E-state index contributed by atoms with van der Waals surface area (Å²) in [5.74, 6) is 0.0753. The number of rotatable bonds is 5. The molecule has 0 spiro atoms. The van der Waals surface area contributed by atoms with Crippen molar-refractivity contribution in [2.75, 3.05) is 13.6 Å². The summed E-state index contributed by atoms with van der Waals surface area (Å²) in [6.07, 6.45) is 0.693. The second kappa shape index (κ2) is 6.20. The Kier molecular flexibility index (Phi) is 4.90. The first-order valence-corrected chi connectivity index (χ1v) is 5.70. The molecule has 0 atom stereocenters. The van der Waals surface area contributed by atoms with E-state index in [1.165, 1.54) is 0 Å². The Bertz CT molecular complexity index is 421. The SMILES string of the molecule is CN(CCC(N)=S)C(=O)Cc1ccccc1O. The molecule has 0 bridgehead atoms. The van der Waals surface area contributed by atoms with Gasteiger partial charge in [-0.25, -0.2) is 0 Å². The summed E-state index contributed by atoms with van der Waals surface area (Å²) in [5, 5.41) is 9.55. The number of carbonyl (C=O) groups is 1. The highest BCUT2D eigenvalue weighted by molar-refractivity contribution is 7.80. The highest BCUT2D eigenvalue weighted by atomic mass is 32.1. The molecule has 0 saturated carbocycles. The Morgan fingerprint density at radius 3 is 2.71 bits per heavy atom. The van der Waals surface area contributed by atoms with Gasteiger partial charge in [0.15, 0.2) is 0 Å². The number of aromatic hydroxyl groups is 1. The predicted molar refractivity (Wildman–Crippen MR) is 70.9 cm³/mol. The monoisotopic (exact) mass is 252 g/mol. The summed E-state index contributed by atoms with van der Waals surface area (Å²) < 4.78 is 0. The standard InChI is InChI=1S/C12H16N2O2S/c1-14(7-6-11(13)17)12(16)8-9-4-2-3-5-10(9)15/h2-5,15H,6-8H2,1H3,(H2,13,17). The van der Waals surface area contributed by atoms with Gasteiger partial charge in [0.1, 0.15) is 5.75 Å². The molecule has 0 fully saturated rings. The number of phenols is 1. The summed E-state index contributed by atoms with van der Waals surface area (Å²) >= 11 is 4.75. The van der Waals surface area contributed by atoms with Crippen LogP contribution in [0, 0.1) is 0 Å². The van der Waals surface area contributed by atoms with E-state index in [-0.39, 0.29) is 18.1 Å². The molecule has 4 nitrogen and oxygen atoms in total. The molecule has 1 aromatic carbocycles. The minimum absolute atomic E-state index is 0.0669. The number of nitrogens with zero attached hydrogens (tertiary/aromatic N) is 1. The van der Waals surface area contributed by atoms with E-state index in [1.54, 1.807) is 36.2 Å². The van der Waals surface area contributed by atoms with E-state index in [2.05, 4.69) is 0 Å². The predicted octanol–water partition coefficient (Wildman–Crippen LogP) is 1.07. The maximum absolute atomic E-state index is 11.8. The lowest BCUT2D eigenvalue weighted by molar-refractivity contribution is -0.129. The van der Waals surface area contributed by atoms with Gasteiger partial charge in [-0.3, -0.25) is 4.79 Å². The lowest BCUT2D eigenvalue weighted by Crippen LogP contribution is -2.31. The average Bonchev–Trinajstić information content (AvgIpc) is 2.28. The second-order valence-electron chi connectivity index (χ2n) is 3.84. The van der Waals surface area contributed by atoms with E-state index in [1.807, 2.05) is 0 Å². The first-order valence-electron chi connectivity index (χ1n) is 5.30. The van der Waals surface area contributed by atoms with Crippen molar-refractivity contribution < 1.29 is 9.90 Å². The van der Waals surface area contributed by atoms with E-state index in [4.69, 9.17) is 18.0 Å². The molecule has 0 saturated heterocycles. The summed E-state index contributed by atoms with van der Waals surface area (Å²) in [5.41, 5.74) is 6.00. The van der Waals surface area contributed by atoms with Gasteiger partial charge in [0.25, 0.3) is 0 Å². The van der Waals surface area contributed by atoms with Gasteiger partial charge >= 0.3 is 0 Å². The van der Waals surface area contributed by atoms with Crippen LogP contribution in [0.5, 0.6) is 5.75 Å². The van der Waals surface area contributed by atoms with Crippen molar-refractivity contribution in [3.8, 4) is 5.75 Å². The first kappa shape index (κ1) is 13.4. The Labute approximate surface area is 106 Å². The Morgan fingerprint density at radius 2 is 2.12 bits per heavy atom. The molecule has 1 rings (SSSR count). The molecule has 17 heavy (non-hydrogen) atoms. The fourth-order valence-electron chi connectivity index (χ4n) is 1.36. The Hall–Kier alpha value is -1.62. The molecule has 0 unspecified atom stereocenters. The lowest BCUT2D eigenvalue weighted by atomic mass is 10.1. The minimum atomic E-state index is -0.0669. The van der Waals surface area contributed by atoms with Crippen LogP contribution in [0.4, 0.5) is 0 Å².